The van der Waals surface area contributed by atoms with Gasteiger partial charge in [0.05, 0.1) is 13.0 Å². The molecule has 1 aliphatic rings. The van der Waals surface area contributed by atoms with Crippen molar-refractivity contribution < 1.29 is 48.6 Å². The number of hydrogen-bond donors (Lipinski definition) is 9. The Morgan fingerprint density at radius 1 is 0.732 bits per heavy atom. The third-order valence-corrected chi connectivity index (χ3v) is 9.19. The van der Waals surface area contributed by atoms with Crippen LogP contribution in [-0.4, -0.2) is 118 Å². The van der Waals surface area contributed by atoms with Gasteiger partial charge in [-0.1, -0.05) is 58.0 Å². The van der Waals surface area contributed by atoms with E-state index in [0.717, 1.165) is 0 Å². The minimum Gasteiger partial charge on any atom is -0.481 e. The molecule has 1 saturated heterocycles. The fourth-order valence-electron chi connectivity index (χ4n) is 6.43. The maximum atomic E-state index is 14.3. The lowest BCUT2D eigenvalue weighted by Gasteiger charge is -2.31. The number of carbonyl (C=O) groups is 8. The van der Waals surface area contributed by atoms with Crippen molar-refractivity contribution in [1.29, 1.82) is 0 Å². The van der Waals surface area contributed by atoms with Crippen LogP contribution in [-0.2, 0) is 44.8 Å². The molecule has 6 amide bonds. The van der Waals surface area contributed by atoms with Gasteiger partial charge in [0.2, 0.25) is 35.4 Å². The monoisotopic (exact) mass is 788 g/mol. The minimum absolute atomic E-state index is 0.0174. The van der Waals surface area contributed by atoms with Crippen molar-refractivity contribution in [1.82, 2.24) is 31.5 Å². The highest BCUT2D eigenvalue weighted by molar-refractivity contribution is 5.97. The number of amides is 6. The molecule has 0 radical (unpaired) electrons. The average molecular weight is 789 g/mol. The van der Waals surface area contributed by atoms with E-state index in [-0.39, 0.29) is 44.1 Å². The van der Waals surface area contributed by atoms with Crippen molar-refractivity contribution in [3.63, 3.8) is 0 Å². The van der Waals surface area contributed by atoms with E-state index in [1.165, 1.54) is 4.90 Å². The molecule has 0 aliphatic carbocycles. The molecule has 1 fully saturated rings. The van der Waals surface area contributed by atoms with E-state index < -0.39 is 96.6 Å². The number of nitrogens with one attached hydrogen (secondary N) is 5. The molecule has 1 aromatic carbocycles. The average Bonchev–Trinajstić information content (AvgIpc) is 3.63. The molecular formula is C38H60N8O10. The number of carbonyl (C=O) groups excluding carboxylic acids is 6. The predicted molar refractivity (Wildman–Crippen MR) is 205 cm³/mol. The summed E-state index contributed by atoms with van der Waals surface area (Å²) in [5, 5.41) is 31.9. The van der Waals surface area contributed by atoms with Gasteiger partial charge in [-0.25, -0.2) is 4.79 Å². The molecule has 0 bridgehead atoms. The quantitative estimate of drug-likeness (QED) is 0.0593. The van der Waals surface area contributed by atoms with Gasteiger partial charge < -0.3 is 53.2 Å². The molecule has 0 aromatic heterocycles. The number of carboxylic acids is 2. The third-order valence-electron chi connectivity index (χ3n) is 9.19. The lowest BCUT2D eigenvalue weighted by atomic mass is 10.00. The molecule has 6 atom stereocenters. The van der Waals surface area contributed by atoms with Crippen LogP contribution >= 0.6 is 0 Å². The number of nitrogens with zero attached hydrogens (tertiary/aromatic N) is 1. The molecule has 18 heteroatoms. The Kier molecular flexibility index (Phi) is 19.9. The molecule has 0 spiro atoms. The first-order valence-corrected chi connectivity index (χ1v) is 19.2. The molecule has 18 nitrogen and oxygen atoms in total. The molecule has 0 saturated carbocycles. The molecule has 56 heavy (non-hydrogen) atoms. The predicted octanol–water partition coefficient (Wildman–Crippen LogP) is -0.617. The Hall–Kier alpha value is -5.10. The number of rotatable bonds is 24. The number of likely N-dealkylation sites (tertiary alicyclic amines) is 1. The van der Waals surface area contributed by atoms with Crippen molar-refractivity contribution in [3.8, 4) is 0 Å². The van der Waals surface area contributed by atoms with Crippen LogP contribution in [0, 0.1) is 11.8 Å². The molecule has 2 rings (SSSR count). The van der Waals surface area contributed by atoms with Gasteiger partial charge in [0, 0.05) is 13.0 Å². The second kappa shape index (κ2) is 23.7. The van der Waals surface area contributed by atoms with E-state index in [0.29, 0.717) is 37.8 Å². The second-order valence-electron chi connectivity index (χ2n) is 14.9. The number of carboxylic acid groups (broad SMARTS) is 2. The van der Waals surface area contributed by atoms with Gasteiger partial charge in [-0.2, -0.15) is 0 Å². The number of benzene rings is 1. The molecule has 312 valence electrons. The molecule has 1 aromatic rings. The summed E-state index contributed by atoms with van der Waals surface area (Å²) in [6.45, 7) is 7.26. The molecule has 1 aliphatic heterocycles. The largest absolute Gasteiger partial charge is 0.481 e. The number of nitrogens with two attached hydrogens (primary N) is 2. The van der Waals surface area contributed by atoms with Crippen LogP contribution < -0.4 is 38.1 Å². The fourth-order valence-corrected chi connectivity index (χ4v) is 6.43. The zero-order valence-corrected chi connectivity index (χ0v) is 32.8. The van der Waals surface area contributed by atoms with E-state index in [1.54, 1.807) is 44.2 Å². The summed E-state index contributed by atoms with van der Waals surface area (Å²) in [7, 11) is 0. The summed E-state index contributed by atoms with van der Waals surface area (Å²) >= 11 is 0. The van der Waals surface area contributed by atoms with E-state index in [9.17, 15) is 48.6 Å². The van der Waals surface area contributed by atoms with Crippen LogP contribution in [0.3, 0.4) is 0 Å². The van der Waals surface area contributed by atoms with E-state index in [2.05, 4.69) is 26.6 Å². The van der Waals surface area contributed by atoms with Gasteiger partial charge in [-0.3, -0.25) is 33.6 Å². The summed E-state index contributed by atoms with van der Waals surface area (Å²) in [5.74, 6) is -7.06. The minimum atomic E-state index is -1.53. The summed E-state index contributed by atoms with van der Waals surface area (Å²) in [6.07, 6.45) is 1.35. The lowest BCUT2D eigenvalue weighted by molar-refractivity contribution is -0.145. The molecular weight excluding hydrogens is 728 g/mol. The van der Waals surface area contributed by atoms with Gasteiger partial charge in [0.25, 0.3) is 0 Å². The third kappa shape index (κ3) is 15.9. The Morgan fingerprint density at radius 2 is 1.30 bits per heavy atom. The maximum absolute atomic E-state index is 14.3. The van der Waals surface area contributed by atoms with Crippen molar-refractivity contribution in [2.45, 2.75) is 122 Å². The Morgan fingerprint density at radius 3 is 1.88 bits per heavy atom. The van der Waals surface area contributed by atoms with E-state index in [1.807, 2.05) is 13.8 Å². The van der Waals surface area contributed by atoms with Crippen LogP contribution in [0.25, 0.3) is 0 Å². The zero-order chi connectivity index (χ0) is 41.9. The Labute approximate surface area is 327 Å². The fraction of sp³-hybridized carbons (Fsp3) is 0.632. The molecule has 0 unspecified atom stereocenters. The normalized spacial score (nSPS) is 16.6. The van der Waals surface area contributed by atoms with Crippen molar-refractivity contribution in [2.24, 2.45) is 23.3 Å². The topological polar surface area (TPSA) is 292 Å². The maximum Gasteiger partial charge on any atom is 0.326 e. The van der Waals surface area contributed by atoms with E-state index >= 15 is 0 Å². The first-order valence-electron chi connectivity index (χ1n) is 19.2. The molecule has 1 heterocycles. The summed E-state index contributed by atoms with van der Waals surface area (Å²) in [4.78, 5) is 105. The van der Waals surface area contributed by atoms with Crippen molar-refractivity contribution in [2.75, 3.05) is 19.6 Å². The van der Waals surface area contributed by atoms with Crippen LogP contribution in [0.1, 0.15) is 84.6 Å². The highest BCUT2D eigenvalue weighted by atomic mass is 16.4. The summed E-state index contributed by atoms with van der Waals surface area (Å²) in [6, 6.07) is 1.61. The smallest absolute Gasteiger partial charge is 0.326 e. The highest BCUT2D eigenvalue weighted by Crippen LogP contribution is 2.21. The first-order chi connectivity index (χ1) is 26.5. The van der Waals surface area contributed by atoms with Crippen LogP contribution in [0.2, 0.25) is 0 Å². The second-order valence-corrected chi connectivity index (χ2v) is 14.9. The SMILES string of the molecule is CC(C)C[C@H](NC(=O)[C@@H]1CCCN1C(=O)[C@H](Cc1ccccc1)NC(=O)[C@H](CCCCN)NC(=O)[C@H](CC(C)C)NC(=O)[C@H](CC(=O)O)NC(=O)CN)C(=O)O. The number of aliphatic carboxylic acids is 2. The zero-order valence-electron chi connectivity index (χ0n) is 32.8. The van der Waals surface area contributed by atoms with Crippen molar-refractivity contribution >= 4 is 47.4 Å². The van der Waals surface area contributed by atoms with Gasteiger partial charge in [-0.05, 0) is 68.9 Å². The van der Waals surface area contributed by atoms with Crippen LogP contribution in [0.4, 0.5) is 0 Å². The Balaban J connectivity index is 2.39. The standard InChI is InChI=1S/C38H60N8O10/c1-22(2)17-26(43-35(52)27(20-32(48)49)41-31(47)21-40)34(51)42-25(13-8-9-15-39)33(50)44-28(19-24-11-6-5-7-12-24)37(54)46-16-10-14-30(46)36(53)45-29(38(55)56)18-23(3)4/h5-7,11-12,22-23,25-30H,8-10,13-21,39-40H2,1-4H3,(H,41,47)(H,42,51)(H,43,52)(H,44,50)(H,45,53)(H,48,49)(H,55,56)/t25-,26-,27-,28-,29-,30-/m0/s1. The number of hydrogen-bond acceptors (Lipinski definition) is 10. The summed E-state index contributed by atoms with van der Waals surface area (Å²) < 4.78 is 0. The first kappa shape index (κ1) is 47.1. The van der Waals surface area contributed by atoms with Gasteiger partial charge in [0.1, 0.15) is 36.3 Å². The molecule has 11 N–H and O–H groups in total. The van der Waals surface area contributed by atoms with E-state index in [4.69, 9.17) is 11.5 Å². The van der Waals surface area contributed by atoms with Gasteiger partial charge in [-0.15, -0.1) is 0 Å². The van der Waals surface area contributed by atoms with Gasteiger partial charge in [0.15, 0.2) is 0 Å². The number of unbranched alkanes of at least 4 members (excludes halogenated alkanes) is 1. The summed E-state index contributed by atoms with van der Waals surface area (Å²) in [5.41, 5.74) is 11.7. The van der Waals surface area contributed by atoms with Crippen LogP contribution in [0.5, 0.6) is 0 Å². The van der Waals surface area contributed by atoms with Gasteiger partial charge >= 0.3 is 11.9 Å². The highest BCUT2D eigenvalue weighted by Gasteiger charge is 2.40. The van der Waals surface area contributed by atoms with Crippen LogP contribution in [0.15, 0.2) is 30.3 Å². The Bertz CT molecular complexity index is 1510. The lowest BCUT2D eigenvalue weighted by Crippen LogP contribution is -2.60. The van der Waals surface area contributed by atoms with Crippen molar-refractivity contribution in [3.05, 3.63) is 35.9 Å².